The first kappa shape index (κ1) is 13.8. The Labute approximate surface area is 124 Å². The molecule has 0 atom stereocenters. The van der Waals surface area contributed by atoms with Gasteiger partial charge in [-0.15, -0.1) is 0 Å². The molecule has 0 unspecified atom stereocenters. The van der Waals surface area contributed by atoms with Crippen LogP contribution >= 0.6 is 22.6 Å². The van der Waals surface area contributed by atoms with E-state index in [2.05, 4.69) is 33.0 Å². The zero-order valence-corrected chi connectivity index (χ0v) is 12.5. The third-order valence-corrected chi connectivity index (χ3v) is 3.31. The minimum Gasteiger partial charge on any atom is -0.379 e. The zero-order valence-electron chi connectivity index (χ0n) is 10.3. The van der Waals surface area contributed by atoms with Crippen LogP contribution in [0.5, 0.6) is 0 Å². The minimum absolute atomic E-state index is 0.109. The molecule has 1 aromatic heterocycles. The number of nitro groups is 1. The van der Waals surface area contributed by atoms with E-state index in [0.717, 1.165) is 15.6 Å². The van der Waals surface area contributed by atoms with Crippen LogP contribution in [-0.2, 0) is 13.5 Å². The van der Waals surface area contributed by atoms with E-state index in [4.69, 9.17) is 0 Å². The van der Waals surface area contributed by atoms with Gasteiger partial charge in [-0.1, -0.05) is 0 Å². The topological polar surface area (TPSA) is 73.0 Å². The first-order chi connectivity index (χ1) is 9.06. The summed E-state index contributed by atoms with van der Waals surface area (Å²) >= 11 is 2.06. The number of aromatic nitrogens is 2. The fourth-order valence-corrected chi connectivity index (χ4v) is 2.22. The van der Waals surface area contributed by atoms with Crippen molar-refractivity contribution in [2.75, 3.05) is 11.9 Å². The van der Waals surface area contributed by atoms with E-state index >= 15 is 0 Å². The molecule has 1 heterocycles. The highest BCUT2D eigenvalue weighted by Crippen LogP contribution is 2.26. The number of rotatable bonds is 5. The Morgan fingerprint density at radius 1 is 1.53 bits per heavy atom. The summed E-state index contributed by atoms with van der Waals surface area (Å²) in [5.41, 5.74) is 1.76. The Morgan fingerprint density at radius 3 is 2.95 bits per heavy atom. The van der Waals surface area contributed by atoms with E-state index in [1.807, 2.05) is 19.3 Å². The average Bonchev–Trinajstić information content (AvgIpc) is 2.77. The molecule has 0 spiro atoms. The number of benzene rings is 1. The molecular weight excluding hydrogens is 359 g/mol. The van der Waals surface area contributed by atoms with Crippen molar-refractivity contribution >= 4 is 34.0 Å². The fourth-order valence-electron chi connectivity index (χ4n) is 1.75. The van der Waals surface area contributed by atoms with Crippen LogP contribution in [0.2, 0.25) is 0 Å². The van der Waals surface area contributed by atoms with Crippen LogP contribution in [0, 0.1) is 13.7 Å². The molecule has 0 radical (unpaired) electrons. The average molecular weight is 372 g/mol. The largest absolute Gasteiger partial charge is 0.379 e. The molecule has 1 N–H and O–H groups in total. The monoisotopic (exact) mass is 372 g/mol. The van der Waals surface area contributed by atoms with Crippen LogP contribution < -0.4 is 5.32 Å². The predicted octanol–water partition coefficient (Wildman–Crippen LogP) is 2.59. The highest BCUT2D eigenvalue weighted by molar-refractivity contribution is 14.1. The van der Waals surface area contributed by atoms with Crippen LogP contribution in [0.15, 0.2) is 30.6 Å². The van der Waals surface area contributed by atoms with Gasteiger partial charge < -0.3 is 5.32 Å². The molecule has 7 heteroatoms. The molecular formula is C12H13IN4O2. The lowest BCUT2D eigenvalue weighted by Gasteiger charge is -2.06. The van der Waals surface area contributed by atoms with Gasteiger partial charge in [0.1, 0.15) is 5.69 Å². The second kappa shape index (κ2) is 6.00. The lowest BCUT2D eigenvalue weighted by Crippen LogP contribution is -2.06. The number of aryl methyl sites for hydroxylation is 1. The summed E-state index contributed by atoms with van der Waals surface area (Å²) in [5, 5.41) is 18.1. The van der Waals surface area contributed by atoms with Crippen molar-refractivity contribution in [1.29, 1.82) is 0 Å². The van der Waals surface area contributed by atoms with Gasteiger partial charge in [-0.3, -0.25) is 14.8 Å². The Bertz CT molecular complexity index is 597. The van der Waals surface area contributed by atoms with E-state index in [0.29, 0.717) is 12.2 Å². The van der Waals surface area contributed by atoms with E-state index in [1.165, 1.54) is 0 Å². The molecule has 0 aliphatic heterocycles. The third-order valence-electron chi connectivity index (χ3n) is 2.64. The van der Waals surface area contributed by atoms with Gasteiger partial charge >= 0.3 is 0 Å². The van der Waals surface area contributed by atoms with Crippen LogP contribution in [0.25, 0.3) is 0 Å². The summed E-state index contributed by atoms with van der Waals surface area (Å²) in [7, 11) is 1.86. The fraction of sp³-hybridized carbons (Fsp3) is 0.250. The third kappa shape index (κ3) is 3.66. The Morgan fingerprint density at radius 2 is 2.32 bits per heavy atom. The molecule has 6 nitrogen and oxygen atoms in total. The number of halogens is 1. The molecule has 100 valence electrons. The van der Waals surface area contributed by atoms with Crippen LogP contribution in [-0.4, -0.2) is 21.2 Å². The van der Waals surface area contributed by atoms with Gasteiger partial charge in [0, 0.05) is 29.4 Å². The van der Waals surface area contributed by atoms with Gasteiger partial charge in [-0.2, -0.15) is 5.10 Å². The summed E-state index contributed by atoms with van der Waals surface area (Å²) in [6.45, 7) is 0.632. The summed E-state index contributed by atoms with van der Waals surface area (Å²) < 4.78 is 2.59. The molecule has 0 saturated heterocycles. The van der Waals surface area contributed by atoms with Crippen molar-refractivity contribution in [3.05, 3.63) is 49.8 Å². The number of anilines is 1. The Hall–Kier alpha value is -1.64. The first-order valence-corrected chi connectivity index (χ1v) is 6.79. The molecule has 2 aromatic rings. The van der Waals surface area contributed by atoms with Gasteiger partial charge in [0.25, 0.3) is 5.69 Å². The smallest absolute Gasteiger partial charge is 0.293 e. The van der Waals surface area contributed by atoms with Gasteiger partial charge in [-0.25, -0.2) is 0 Å². The molecule has 1 aromatic carbocycles. The first-order valence-electron chi connectivity index (χ1n) is 5.71. The van der Waals surface area contributed by atoms with E-state index in [1.54, 1.807) is 23.0 Å². The second-order valence-corrected chi connectivity index (χ2v) is 5.36. The van der Waals surface area contributed by atoms with Crippen molar-refractivity contribution in [2.24, 2.45) is 7.05 Å². The van der Waals surface area contributed by atoms with Gasteiger partial charge in [-0.05, 0) is 46.7 Å². The minimum atomic E-state index is -0.367. The maximum atomic E-state index is 11.0. The zero-order chi connectivity index (χ0) is 13.8. The van der Waals surface area contributed by atoms with Crippen LogP contribution in [0.3, 0.4) is 0 Å². The van der Waals surface area contributed by atoms with Crippen LogP contribution in [0.4, 0.5) is 11.4 Å². The quantitative estimate of drug-likeness (QED) is 0.498. The summed E-state index contributed by atoms with van der Waals surface area (Å²) in [6.07, 6.45) is 4.50. The number of hydrogen-bond donors (Lipinski definition) is 1. The van der Waals surface area contributed by atoms with Crippen LogP contribution in [0.1, 0.15) is 5.56 Å². The SMILES string of the molecule is Cn1cc(CCNc2ccc(I)cc2[N+](=O)[O-])cn1. The molecule has 0 saturated carbocycles. The van der Waals surface area contributed by atoms with Crippen molar-refractivity contribution < 1.29 is 4.92 Å². The van der Waals surface area contributed by atoms with Crippen molar-refractivity contribution in [3.63, 3.8) is 0 Å². The lowest BCUT2D eigenvalue weighted by atomic mass is 10.2. The van der Waals surface area contributed by atoms with Gasteiger partial charge in [0.2, 0.25) is 0 Å². The Balaban J connectivity index is 2.01. The predicted molar refractivity (Wildman–Crippen MR) is 81.2 cm³/mol. The van der Waals surface area contributed by atoms with Crippen molar-refractivity contribution in [1.82, 2.24) is 9.78 Å². The number of nitro benzene ring substituents is 1. The molecule has 19 heavy (non-hydrogen) atoms. The molecule has 0 amide bonds. The number of nitrogens with zero attached hydrogens (tertiary/aromatic N) is 3. The molecule has 0 aliphatic rings. The van der Waals surface area contributed by atoms with Crippen molar-refractivity contribution in [3.8, 4) is 0 Å². The maximum absolute atomic E-state index is 11.0. The standard InChI is InChI=1S/C12H13IN4O2/c1-16-8-9(7-15-16)4-5-14-11-3-2-10(13)6-12(11)17(18)19/h2-3,6-8,14H,4-5H2,1H3. The normalized spacial score (nSPS) is 10.4. The highest BCUT2D eigenvalue weighted by Gasteiger charge is 2.13. The molecule has 0 bridgehead atoms. The highest BCUT2D eigenvalue weighted by atomic mass is 127. The second-order valence-electron chi connectivity index (χ2n) is 4.12. The lowest BCUT2D eigenvalue weighted by molar-refractivity contribution is -0.384. The molecule has 0 aliphatic carbocycles. The van der Waals surface area contributed by atoms with Gasteiger partial charge in [0.15, 0.2) is 0 Å². The van der Waals surface area contributed by atoms with E-state index in [9.17, 15) is 10.1 Å². The van der Waals surface area contributed by atoms with Gasteiger partial charge in [0.05, 0.1) is 11.1 Å². The molecule has 2 rings (SSSR count). The van der Waals surface area contributed by atoms with Crippen molar-refractivity contribution in [2.45, 2.75) is 6.42 Å². The summed E-state index contributed by atoms with van der Waals surface area (Å²) in [4.78, 5) is 10.6. The number of nitrogens with one attached hydrogen (secondary N) is 1. The van der Waals surface area contributed by atoms with E-state index < -0.39 is 0 Å². The summed E-state index contributed by atoms with van der Waals surface area (Å²) in [6, 6.07) is 5.15. The molecule has 0 fully saturated rings. The maximum Gasteiger partial charge on any atom is 0.293 e. The number of hydrogen-bond acceptors (Lipinski definition) is 4. The summed E-state index contributed by atoms with van der Waals surface area (Å²) in [5.74, 6) is 0. The van der Waals surface area contributed by atoms with E-state index in [-0.39, 0.29) is 10.6 Å². The Kier molecular flexibility index (Phi) is 4.35.